The molecule has 0 spiro atoms. The van der Waals surface area contributed by atoms with Gasteiger partial charge in [0.25, 0.3) is 0 Å². The number of hydrogen-bond donors (Lipinski definition) is 1. The second-order valence-electron chi connectivity index (χ2n) is 4.76. The number of nitrogens with one attached hydrogen (secondary N) is 1. The first-order valence-corrected chi connectivity index (χ1v) is 6.97. The maximum atomic E-state index is 11.9. The Morgan fingerprint density at radius 1 is 1.44 bits per heavy atom. The van der Waals surface area contributed by atoms with Gasteiger partial charge in [-0.1, -0.05) is 19.9 Å². The monoisotopic (exact) mass is 254 g/mol. The van der Waals surface area contributed by atoms with E-state index in [1.807, 2.05) is 6.92 Å². The lowest BCUT2D eigenvalue weighted by Gasteiger charge is -2.34. The summed E-state index contributed by atoms with van der Waals surface area (Å²) < 4.78 is 5.15. The fourth-order valence-electron chi connectivity index (χ4n) is 2.33. The van der Waals surface area contributed by atoms with Crippen molar-refractivity contribution in [1.29, 1.82) is 0 Å². The molecule has 4 nitrogen and oxygen atoms in total. The normalized spacial score (nSPS) is 20.7. The van der Waals surface area contributed by atoms with Gasteiger partial charge in [-0.25, -0.2) is 0 Å². The minimum absolute atomic E-state index is 0.0722. The molecule has 0 radical (unpaired) electrons. The molecule has 1 saturated heterocycles. The van der Waals surface area contributed by atoms with Crippen LogP contribution in [-0.2, 0) is 9.53 Å². The zero-order valence-electron chi connectivity index (χ0n) is 11.7. The van der Waals surface area contributed by atoms with Crippen LogP contribution in [0.3, 0.4) is 0 Å². The molecule has 0 amide bonds. The van der Waals surface area contributed by atoms with E-state index in [2.05, 4.69) is 23.7 Å². The first kappa shape index (κ1) is 15.2. The topological polar surface area (TPSA) is 41.6 Å². The summed E-state index contributed by atoms with van der Waals surface area (Å²) >= 11 is 0. The molecule has 1 N–H and O–H groups in total. The van der Waals surface area contributed by atoms with Crippen LogP contribution in [-0.4, -0.2) is 49.7 Å². The lowest BCUT2D eigenvalue weighted by molar-refractivity contribution is -0.150. The summed E-state index contributed by atoms with van der Waals surface area (Å²) in [7, 11) is 0. The molecule has 1 aliphatic heterocycles. The molecule has 1 rings (SSSR count). The number of likely N-dealkylation sites (tertiary alicyclic amines) is 1. The van der Waals surface area contributed by atoms with Gasteiger partial charge in [-0.15, -0.1) is 0 Å². The number of carbonyl (C=O) groups excluding carboxylic acids is 1. The second kappa shape index (κ2) is 8.27. The van der Waals surface area contributed by atoms with Gasteiger partial charge in [-0.3, -0.25) is 9.69 Å². The van der Waals surface area contributed by atoms with Crippen molar-refractivity contribution in [1.82, 2.24) is 10.2 Å². The first-order chi connectivity index (χ1) is 8.69. The summed E-state index contributed by atoms with van der Waals surface area (Å²) in [6.45, 7) is 12.0. The highest BCUT2D eigenvalue weighted by Crippen LogP contribution is 2.19. The first-order valence-electron chi connectivity index (χ1n) is 6.97. The lowest BCUT2D eigenvalue weighted by atomic mass is 10.0. The number of ether oxygens (including phenoxy) is 1. The average molecular weight is 254 g/mol. The van der Waals surface area contributed by atoms with E-state index in [0.29, 0.717) is 6.61 Å². The average Bonchev–Trinajstić information content (AvgIpc) is 2.37. The molecule has 104 valence electrons. The van der Waals surface area contributed by atoms with Gasteiger partial charge in [0.1, 0.15) is 6.04 Å². The summed E-state index contributed by atoms with van der Waals surface area (Å²) in [4.78, 5) is 14.1. The maximum absolute atomic E-state index is 11.9. The van der Waals surface area contributed by atoms with Crippen molar-refractivity contribution in [3.8, 4) is 0 Å². The van der Waals surface area contributed by atoms with Gasteiger partial charge >= 0.3 is 5.97 Å². The smallest absolute Gasteiger partial charge is 0.323 e. The molecule has 0 aromatic carbocycles. The van der Waals surface area contributed by atoms with Gasteiger partial charge in [0.05, 0.1) is 6.61 Å². The zero-order chi connectivity index (χ0) is 13.4. The van der Waals surface area contributed by atoms with E-state index in [1.54, 1.807) is 0 Å². The van der Waals surface area contributed by atoms with Gasteiger partial charge in [0, 0.05) is 13.1 Å². The van der Waals surface area contributed by atoms with Gasteiger partial charge in [-0.05, 0) is 38.4 Å². The minimum Gasteiger partial charge on any atom is -0.465 e. The Kier molecular flexibility index (Phi) is 6.98. The lowest BCUT2D eigenvalue weighted by Crippen LogP contribution is -2.46. The molecule has 18 heavy (non-hydrogen) atoms. The van der Waals surface area contributed by atoms with E-state index < -0.39 is 0 Å². The molecular formula is C14H26N2O2. The predicted molar refractivity (Wildman–Crippen MR) is 73.5 cm³/mol. The zero-order valence-corrected chi connectivity index (χ0v) is 11.7. The summed E-state index contributed by atoms with van der Waals surface area (Å²) in [5.74, 6) is -0.0755. The van der Waals surface area contributed by atoms with E-state index in [4.69, 9.17) is 4.74 Å². The molecular weight excluding hydrogens is 228 g/mol. The number of likely N-dealkylation sites (N-methyl/N-ethyl adjacent to an activating group) is 1. The summed E-state index contributed by atoms with van der Waals surface area (Å²) in [6, 6.07) is -0.0722. The van der Waals surface area contributed by atoms with Crippen LogP contribution in [0, 0.1) is 0 Å². The SMILES string of the molecule is C=C(CNCC)CN1CCCCC1C(=O)OCC. The van der Waals surface area contributed by atoms with Crippen LogP contribution < -0.4 is 5.32 Å². The van der Waals surface area contributed by atoms with Crippen LogP contribution in [0.25, 0.3) is 0 Å². The number of carbonyl (C=O) groups is 1. The Balaban J connectivity index is 2.48. The number of nitrogens with zero attached hydrogens (tertiary/aromatic N) is 1. The van der Waals surface area contributed by atoms with E-state index in [-0.39, 0.29) is 12.0 Å². The van der Waals surface area contributed by atoms with Gasteiger partial charge in [0.2, 0.25) is 0 Å². The fourth-order valence-corrected chi connectivity index (χ4v) is 2.33. The molecule has 1 unspecified atom stereocenters. The predicted octanol–water partition coefficient (Wildman–Crippen LogP) is 1.57. The van der Waals surface area contributed by atoms with Crippen molar-refractivity contribution < 1.29 is 9.53 Å². The van der Waals surface area contributed by atoms with E-state index in [0.717, 1.165) is 51.0 Å². The van der Waals surface area contributed by atoms with Crippen LogP contribution in [0.2, 0.25) is 0 Å². The summed E-state index contributed by atoms with van der Waals surface area (Å²) in [5.41, 5.74) is 1.13. The summed E-state index contributed by atoms with van der Waals surface area (Å²) in [5, 5.41) is 3.26. The Morgan fingerprint density at radius 2 is 2.22 bits per heavy atom. The third-order valence-electron chi connectivity index (χ3n) is 3.22. The molecule has 0 aromatic heterocycles. The quantitative estimate of drug-likeness (QED) is 0.553. The highest BCUT2D eigenvalue weighted by Gasteiger charge is 2.29. The van der Waals surface area contributed by atoms with E-state index in [9.17, 15) is 4.79 Å². The van der Waals surface area contributed by atoms with Crippen LogP contribution in [0.4, 0.5) is 0 Å². The van der Waals surface area contributed by atoms with Crippen molar-refractivity contribution in [3.05, 3.63) is 12.2 Å². The third-order valence-corrected chi connectivity index (χ3v) is 3.22. The molecule has 1 fully saturated rings. The van der Waals surface area contributed by atoms with Gasteiger partial charge < -0.3 is 10.1 Å². The Labute approximate surface area is 110 Å². The van der Waals surface area contributed by atoms with Crippen molar-refractivity contribution in [2.45, 2.75) is 39.2 Å². The standard InChI is InChI=1S/C14H26N2O2/c1-4-15-10-12(3)11-16-9-7-6-8-13(16)14(17)18-5-2/h13,15H,3-11H2,1-2H3. The van der Waals surface area contributed by atoms with E-state index in [1.165, 1.54) is 0 Å². The van der Waals surface area contributed by atoms with Crippen LogP contribution >= 0.6 is 0 Å². The minimum atomic E-state index is -0.0755. The number of esters is 1. The van der Waals surface area contributed by atoms with E-state index >= 15 is 0 Å². The fraction of sp³-hybridized carbons (Fsp3) is 0.786. The van der Waals surface area contributed by atoms with Crippen LogP contribution in [0.5, 0.6) is 0 Å². The van der Waals surface area contributed by atoms with Crippen molar-refractivity contribution >= 4 is 5.97 Å². The van der Waals surface area contributed by atoms with Crippen LogP contribution in [0.15, 0.2) is 12.2 Å². The third kappa shape index (κ3) is 4.78. The Morgan fingerprint density at radius 3 is 2.89 bits per heavy atom. The molecule has 1 aliphatic rings. The Hall–Kier alpha value is -0.870. The molecule has 1 atom stereocenters. The van der Waals surface area contributed by atoms with Crippen LogP contribution in [0.1, 0.15) is 33.1 Å². The van der Waals surface area contributed by atoms with Gasteiger partial charge in [0.15, 0.2) is 0 Å². The number of rotatable bonds is 7. The second-order valence-corrected chi connectivity index (χ2v) is 4.76. The summed E-state index contributed by atoms with van der Waals surface area (Å²) in [6.07, 6.45) is 3.18. The highest BCUT2D eigenvalue weighted by atomic mass is 16.5. The van der Waals surface area contributed by atoms with Crippen molar-refractivity contribution in [2.75, 3.05) is 32.8 Å². The highest BCUT2D eigenvalue weighted by molar-refractivity contribution is 5.75. The maximum Gasteiger partial charge on any atom is 0.323 e. The van der Waals surface area contributed by atoms with Gasteiger partial charge in [-0.2, -0.15) is 0 Å². The molecule has 0 bridgehead atoms. The largest absolute Gasteiger partial charge is 0.465 e. The molecule has 0 aliphatic carbocycles. The molecule has 4 heteroatoms. The van der Waals surface area contributed by atoms with Crippen molar-refractivity contribution in [2.24, 2.45) is 0 Å². The molecule has 0 aromatic rings. The molecule has 1 heterocycles. The molecule has 0 saturated carbocycles. The number of piperidine rings is 1. The number of hydrogen-bond acceptors (Lipinski definition) is 4. The Bertz CT molecular complexity index is 279. The van der Waals surface area contributed by atoms with Crippen molar-refractivity contribution in [3.63, 3.8) is 0 Å².